The van der Waals surface area contributed by atoms with Crippen molar-refractivity contribution in [1.29, 1.82) is 0 Å². The van der Waals surface area contributed by atoms with Crippen LogP contribution in [0.1, 0.15) is 16.7 Å². The van der Waals surface area contributed by atoms with Gasteiger partial charge in [-0.25, -0.2) is 8.42 Å². The van der Waals surface area contributed by atoms with Gasteiger partial charge >= 0.3 is 0 Å². The molecule has 1 N–H and O–H groups in total. The minimum Gasteiger partial charge on any atom is -0.351 e. The van der Waals surface area contributed by atoms with Gasteiger partial charge in [0.1, 0.15) is 0 Å². The van der Waals surface area contributed by atoms with Gasteiger partial charge in [-0.1, -0.05) is 70.7 Å². The summed E-state index contributed by atoms with van der Waals surface area (Å²) in [4.78, 5) is 12.7. The number of benzene rings is 3. The minimum atomic E-state index is -3.95. The Bertz CT molecular complexity index is 1220. The normalized spacial score (nSPS) is 11.5. The molecule has 3 aromatic rings. The number of aryl methyl sites for hydroxylation is 1. The van der Waals surface area contributed by atoms with Crippen molar-refractivity contribution in [3.63, 3.8) is 0 Å². The molecule has 0 unspecified atom stereocenters. The first-order valence-electron chi connectivity index (χ1n) is 9.67. The molecule has 3 aromatic carbocycles. The Kier molecular flexibility index (Phi) is 8.20. The van der Waals surface area contributed by atoms with E-state index in [9.17, 15) is 13.2 Å². The molecule has 0 aliphatic rings. The van der Waals surface area contributed by atoms with E-state index in [0.29, 0.717) is 20.6 Å². The number of hydrogen-bond acceptors (Lipinski definition) is 3. The van der Waals surface area contributed by atoms with Gasteiger partial charge in [0.05, 0.1) is 11.4 Å². The molecule has 0 fully saturated rings. The van der Waals surface area contributed by atoms with Crippen molar-refractivity contribution < 1.29 is 13.2 Å². The van der Waals surface area contributed by atoms with Crippen molar-refractivity contribution in [2.75, 3.05) is 6.54 Å². The van der Waals surface area contributed by atoms with Gasteiger partial charge in [0.2, 0.25) is 15.9 Å². The smallest absolute Gasteiger partial charge is 0.243 e. The Morgan fingerprint density at radius 2 is 1.62 bits per heavy atom. The fourth-order valence-electron chi connectivity index (χ4n) is 3.07. The largest absolute Gasteiger partial charge is 0.351 e. The van der Waals surface area contributed by atoms with Gasteiger partial charge in [-0.05, 0) is 54.4 Å². The molecule has 32 heavy (non-hydrogen) atoms. The monoisotopic (exact) mass is 510 g/mol. The van der Waals surface area contributed by atoms with Crippen LogP contribution in [0.2, 0.25) is 15.1 Å². The molecule has 168 valence electrons. The van der Waals surface area contributed by atoms with E-state index in [1.165, 1.54) is 24.3 Å². The van der Waals surface area contributed by atoms with Gasteiger partial charge in [0.25, 0.3) is 0 Å². The van der Waals surface area contributed by atoms with Crippen molar-refractivity contribution in [2.45, 2.75) is 24.9 Å². The quantitative estimate of drug-likeness (QED) is 0.436. The van der Waals surface area contributed by atoms with Crippen LogP contribution in [-0.4, -0.2) is 25.2 Å². The first-order valence-corrected chi connectivity index (χ1v) is 12.2. The van der Waals surface area contributed by atoms with Gasteiger partial charge in [-0.15, -0.1) is 0 Å². The molecule has 5 nitrogen and oxygen atoms in total. The summed E-state index contributed by atoms with van der Waals surface area (Å²) in [5.41, 5.74) is 2.44. The molecule has 0 heterocycles. The second-order valence-electron chi connectivity index (χ2n) is 7.23. The molecular weight excluding hydrogens is 491 g/mol. The average molecular weight is 512 g/mol. The minimum absolute atomic E-state index is 0.0434. The molecule has 0 saturated heterocycles. The first kappa shape index (κ1) is 24.6. The number of sulfonamides is 1. The Hall–Kier alpha value is -2.09. The van der Waals surface area contributed by atoms with Crippen LogP contribution in [-0.2, 0) is 27.9 Å². The van der Waals surface area contributed by atoms with E-state index < -0.39 is 15.9 Å². The Balaban J connectivity index is 1.81. The van der Waals surface area contributed by atoms with Crippen LogP contribution in [0, 0.1) is 6.92 Å². The summed E-state index contributed by atoms with van der Waals surface area (Å²) in [5, 5.41) is 4.06. The summed E-state index contributed by atoms with van der Waals surface area (Å²) < 4.78 is 27.7. The maximum absolute atomic E-state index is 13.3. The number of halogens is 3. The van der Waals surface area contributed by atoms with E-state index >= 15 is 0 Å². The zero-order valence-corrected chi connectivity index (χ0v) is 20.3. The van der Waals surface area contributed by atoms with Crippen molar-refractivity contribution in [1.82, 2.24) is 9.62 Å². The van der Waals surface area contributed by atoms with E-state index in [0.717, 1.165) is 15.4 Å². The second-order valence-corrected chi connectivity index (χ2v) is 10.4. The van der Waals surface area contributed by atoms with E-state index in [2.05, 4.69) is 5.32 Å². The van der Waals surface area contributed by atoms with Crippen LogP contribution in [0.15, 0.2) is 71.6 Å². The van der Waals surface area contributed by atoms with Crippen LogP contribution >= 0.6 is 34.8 Å². The number of carbonyl (C=O) groups excluding carboxylic acids is 1. The van der Waals surface area contributed by atoms with Gasteiger partial charge in [0, 0.05) is 28.2 Å². The zero-order chi connectivity index (χ0) is 23.3. The fraction of sp³-hybridized carbons (Fsp3) is 0.174. The van der Waals surface area contributed by atoms with E-state index in [-0.39, 0.29) is 24.5 Å². The standard InChI is InChI=1S/C23H21Cl3N2O3S/c1-16-3-2-4-17(11-16)14-28(32(30,31)21-9-7-19(24)8-10-21)15-23(29)27-13-18-5-6-20(25)12-22(18)26/h2-12H,13-15H2,1H3,(H,27,29). The summed E-state index contributed by atoms with van der Waals surface area (Å²) in [5.74, 6) is -0.457. The molecule has 0 aliphatic heterocycles. The third-order valence-electron chi connectivity index (χ3n) is 4.70. The van der Waals surface area contributed by atoms with E-state index in [4.69, 9.17) is 34.8 Å². The molecule has 0 aromatic heterocycles. The van der Waals surface area contributed by atoms with Crippen LogP contribution < -0.4 is 5.32 Å². The maximum atomic E-state index is 13.3. The third-order valence-corrected chi connectivity index (χ3v) is 7.35. The Morgan fingerprint density at radius 1 is 0.938 bits per heavy atom. The molecule has 0 saturated carbocycles. The summed E-state index contributed by atoms with van der Waals surface area (Å²) in [7, 11) is -3.95. The van der Waals surface area contributed by atoms with Crippen molar-refractivity contribution >= 4 is 50.7 Å². The number of nitrogens with one attached hydrogen (secondary N) is 1. The van der Waals surface area contributed by atoms with Gasteiger partial charge in [-0.3, -0.25) is 4.79 Å². The lowest BCUT2D eigenvalue weighted by Gasteiger charge is -2.22. The Morgan fingerprint density at radius 3 is 2.28 bits per heavy atom. The summed E-state index contributed by atoms with van der Waals surface area (Å²) in [6.07, 6.45) is 0. The SMILES string of the molecule is Cc1cccc(CN(CC(=O)NCc2ccc(Cl)cc2Cl)S(=O)(=O)c2ccc(Cl)cc2)c1. The van der Waals surface area contributed by atoms with E-state index in [1.807, 2.05) is 31.2 Å². The van der Waals surface area contributed by atoms with Crippen molar-refractivity contribution in [3.05, 3.63) is 98.5 Å². The van der Waals surface area contributed by atoms with Crippen LogP contribution in [0.3, 0.4) is 0 Å². The van der Waals surface area contributed by atoms with Crippen molar-refractivity contribution in [2.24, 2.45) is 0 Å². The highest BCUT2D eigenvalue weighted by atomic mass is 35.5. The van der Waals surface area contributed by atoms with E-state index in [1.54, 1.807) is 18.2 Å². The predicted molar refractivity (Wildman–Crippen MR) is 129 cm³/mol. The highest BCUT2D eigenvalue weighted by Gasteiger charge is 2.27. The number of nitrogens with zero attached hydrogens (tertiary/aromatic N) is 1. The number of carbonyl (C=O) groups is 1. The molecule has 9 heteroatoms. The zero-order valence-electron chi connectivity index (χ0n) is 17.2. The average Bonchev–Trinajstić information content (AvgIpc) is 2.73. The van der Waals surface area contributed by atoms with Crippen LogP contribution in [0.4, 0.5) is 0 Å². The number of rotatable bonds is 8. The molecule has 3 rings (SSSR count). The lowest BCUT2D eigenvalue weighted by Crippen LogP contribution is -2.40. The molecule has 1 amide bonds. The molecular formula is C23H21Cl3N2O3S. The Labute approximate surface area is 203 Å². The fourth-order valence-corrected chi connectivity index (χ4v) is 5.06. The number of amides is 1. The van der Waals surface area contributed by atoms with Crippen LogP contribution in [0.5, 0.6) is 0 Å². The topological polar surface area (TPSA) is 66.5 Å². The third kappa shape index (κ3) is 6.47. The van der Waals surface area contributed by atoms with Gasteiger partial charge in [-0.2, -0.15) is 4.31 Å². The molecule has 0 spiro atoms. The predicted octanol–water partition coefficient (Wildman–Crippen LogP) is 5.46. The molecule has 0 bridgehead atoms. The lowest BCUT2D eigenvalue weighted by atomic mass is 10.1. The maximum Gasteiger partial charge on any atom is 0.243 e. The van der Waals surface area contributed by atoms with Crippen LogP contribution in [0.25, 0.3) is 0 Å². The highest BCUT2D eigenvalue weighted by molar-refractivity contribution is 7.89. The number of hydrogen-bond donors (Lipinski definition) is 1. The summed E-state index contributed by atoms with van der Waals surface area (Å²) in [6.45, 7) is 1.75. The first-order chi connectivity index (χ1) is 15.1. The highest BCUT2D eigenvalue weighted by Crippen LogP contribution is 2.22. The summed E-state index contributed by atoms with van der Waals surface area (Å²) in [6, 6.07) is 18.3. The molecule has 0 radical (unpaired) electrons. The van der Waals surface area contributed by atoms with Crippen molar-refractivity contribution in [3.8, 4) is 0 Å². The summed E-state index contributed by atoms with van der Waals surface area (Å²) >= 11 is 18.0. The lowest BCUT2D eigenvalue weighted by molar-refractivity contribution is -0.121. The second kappa shape index (κ2) is 10.7. The van der Waals surface area contributed by atoms with Gasteiger partial charge < -0.3 is 5.32 Å². The molecule has 0 aliphatic carbocycles. The molecule has 0 atom stereocenters. The van der Waals surface area contributed by atoms with Gasteiger partial charge in [0.15, 0.2) is 0 Å².